The Morgan fingerprint density at radius 3 is 2.46 bits per heavy atom. The van der Waals surface area contributed by atoms with Crippen molar-refractivity contribution in [3.05, 3.63) is 63.9 Å². The molecule has 3 rings (SSSR count). The Hall–Kier alpha value is -1.60. The SMILES string of the molecule is O=S(=O)(Cc1nc2ccc(Cl)cc2[nH]1)CC(O)c1ccc(Cl)cc1. The summed E-state index contributed by atoms with van der Waals surface area (Å²) in [6.07, 6.45) is -1.12. The first kappa shape index (κ1) is 17.2. The monoisotopic (exact) mass is 384 g/mol. The van der Waals surface area contributed by atoms with Gasteiger partial charge in [0.15, 0.2) is 9.84 Å². The number of hydrogen-bond donors (Lipinski definition) is 2. The minimum atomic E-state index is -3.56. The Kier molecular flexibility index (Phi) is 4.83. The number of nitrogens with zero attached hydrogens (tertiary/aromatic N) is 1. The van der Waals surface area contributed by atoms with Crippen molar-refractivity contribution in [2.45, 2.75) is 11.9 Å². The lowest BCUT2D eigenvalue weighted by Gasteiger charge is -2.11. The summed E-state index contributed by atoms with van der Waals surface area (Å²) in [7, 11) is -3.56. The second-order valence-corrected chi connectivity index (χ2v) is 8.45. The fourth-order valence-electron chi connectivity index (χ4n) is 2.39. The molecule has 0 aliphatic rings. The van der Waals surface area contributed by atoms with Gasteiger partial charge in [0, 0.05) is 10.0 Å². The normalized spacial score (nSPS) is 13.3. The third-order valence-electron chi connectivity index (χ3n) is 3.52. The zero-order valence-corrected chi connectivity index (χ0v) is 14.7. The maximum atomic E-state index is 12.3. The predicted octanol–water partition coefficient (Wildman–Crippen LogP) is 3.52. The number of benzene rings is 2. The van der Waals surface area contributed by atoms with E-state index in [9.17, 15) is 13.5 Å². The van der Waals surface area contributed by atoms with E-state index in [0.717, 1.165) is 0 Å². The molecule has 0 aliphatic heterocycles. The lowest BCUT2D eigenvalue weighted by molar-refractivity contribution is 0.201. The van der Waals surface area contributed by atoms with Crippen LogP contribution < -0.4 is 0 Å². The van der Waals surface area contributed by atoms with Crippen LogP contribution in [0.15, 0.2) is 42.5 Å². The van der Waals surface area contributed by atoms with Gasteiger partial charge in [0.1, 0.15) is 11.6 Å². The summed E-state index contributed by atoms with van der Waals surface area (Å²) >= 11 is 11.7. The molecule has 0 bridgehead atoms. The van der Waals surface area contributed by atoms with Crippen LogP contribution in [-0.4, -0.2) is 29.2 Å². The van der Waals surface area contributed by atoms with Gasteiger partial charge >= 0.3 is 0 Å². The number of rotatable bonds is 5. The third-order valence-corrected chi connectivity index (χ3v) is 5.54. The fraction of sp³-hybridized carbons (Fsp3) is 0.188. The van der Waals surface area contributed by atoms with E-state index in [1.165, 1.54) is 0 Å². The van der Waals surface area contributed by atoms with E-state index in [-0.39, 0.29) is 5.75 Å². The lowest BCUT2D eigenvalue weighted by Crippen LogP contribution is -2.17. The molecule has 8 heteroatoms. The standard InChI is InChI=1S/C16H14Cl2N2O3S/c17-11-3-1-10(2-4-11)15(21)8-24(22,23)9-16-19-13-6-5-12(18)7-14(13)20-16/h1-7,15,21H,8-9H2,(H,19,20). The Balaban J connectivity index is 1.75. The zero-order chi connectivity index (χ0) is 17.3. The first-order valence-corrected chi connectivity index (χ1v) is 9.68. The van der Waals surface area contributed by atoms with Gasteiger partial charge in [-0.3, -0.25) is 0 Å². The third kappa shape index (κ3) is 4.08. The molecule has 1 atom stereocenters. The number of H-pyrrole nitrogens is 1. The number of sulfone groups is 1. The van der Waals surface area contributed by atoms with Gasteiger partial charge in [-0.05, 0) is 35.9 Å². The van der Waals surface area contributed by atoms with Gasteiger partial charge < -0.3 is 10.1 Å². The quantitative estimate of drug-likeness (QED) is 0.704. The molecule has 0 aliphatic carbocycles. The number of hydrogen-bond acceptors (Lipinski definition) is 4. The molecule has 1 unspecified atom stereocenters. The summed E-state index contributed by atoms with van der Waals surface area (Å²) < 4.78 is 24.6. The summed E-state index contributed by atoms with van der Waals surface area (Å²) in [4.78, 5) is 7.18. The van der Waals surface area contributed by atoms with Crippen LogP contribution in [-0.2, 0) is 15.6 Å². The molecule has 0 fully saturated rings. The number of aliphatic hydroxyl groups excluding tert-OH is 1. The number of imidazole rings is 1. The van der Waals surface area contributed by atoms with E-state index in [1.807, 2.05) is 0 Å². The van der Waals surface area contributed by atoms with Gasteiger partial charge in [0.2, 0.25) is 0 Å². The molecule has 2 N–H and O–H groups in total. The Morgan fingerprint density at radius 2 is 1.75 bits per heavy atom. The van der Waals surface area contributed by atoms with E-state index in [1.54, 1.807) is 42.5 Å². The van der Waals surface area contributed by atoms with Crippen molar-refractivity contribution in [1.29, 1.82) is 0 Å². The molecule has 1 aromatic heterocycles. The van der Waals surface area contributed by atoms with Crippen LogP contribution in [0.25, 0.3) is 11.0 Å². The zero-order valence-electron chi connectivity index (χ0n) is 12.4. The van der Waals surface area contributed by atoms with E-state index >= 15 is 0 Å². The summed E-state index contributed by atoms with van der Waals surface area (Å²) in [5.41, 5.74) is 1.81. The Morgan fingerprint density at radius 1 is 1.08 bits per heavy atom. The molecular formula is C16H14Cl2N2O3S. The minimum Gasteiger partial charge on any atom is -0.387 e. The number of fused-ring (bicyclic) bond motifs is 1. The highest BCUT2D eigenvalue weighted by molar-refractivity contribution is 7.90. The van der Waals surface area contributed by atoms with Crippen molar-refractivity contribution in [1.82, 2.24) is 9.97 Å². The molecule has 3 aromatic rings. The van der Waals surface area contributed by atoms with E-state index in [0.29, 0.717) is 32.5 Å². The number of halogens is 2. The van der Waals surface area contributed by atoms with Gasteiger partial charge in [0.05, 0.1) is 22.9 Å². The molecule has 126 valence electrons. The van der Waals surface area contributed by atoms with Crippen LogP contribution in [0.2, 0.25) is 10.0 Å². The smallest absolute Gasteiger partial charge is 0.160 e. The Labute approximate surface area is 149 Å². The van der Waals surface area contributed by atoms with Crippen molar-refractivity contribution in [3.8, 4) is 0 Å². The number of aromatic amines is 1. The number of aliphatic hydroxyl groups is 1. The van der Waals surface area contributed by atoms with Gasteiger partial charge in [-0.2, -0.15) is 0 Å². The lowest BCUT2D eigenvalue weighted by atomic mass is 10.1. The van der Waals surface area contributed by atoms with E-state index in [4.69, 9.17) is 23.2 Å². The second-order valence-electron chi connectivity index (χ2n) is 5.47. The molecule has 24 heavy (non-hydrogen) atoms. The number of aromatic nitrogens is 2. The first-order chi connectivity index (χ1) is 11.3. The van der Waals surface area contributed by atoms with Crippen molar-refractivity contribution in [2.24, 2.45) is 0 Å². The first-order valence-electron chi connectivity index (χ1n) is 7.10. The molecular weight excluding hydrogens is 371 g/mol. The summed E-state index contributed by atoms with van der Waals surface area (Å²) in [6.45, 7) is 0. The van der Waals surface area contributed by atoms with Crippen molar-refractivity contribution in [3.63, 3.8) is 0 Å². The summed E-state index contributed by atoms with van der Waals surface area (Å²) in [5.74, 6) is -0.369. The van der Waals surface area contributed by atoms with Crippen LogP contribution in [0.4, 0.5) is 0 Å². The van der Waals surface area contributed by atoms with E-state index < -0.39 is 21.7 Å². The highest BCUT2D eigenvalue weighted by Crippen LogP contribution is 2.21. The van der Waals surface area contributed by atoms with Gasteiger partial charge in [0.25, 0.3) is 0 Å². The molecule has 5 nitrogen and oxygen atoms in total. The average Bonchev–Trinajstić information content (AvgIpc) is 2.87. The molecule has 0 spiro atoms. The molecule has 2 aromatic carbocycles. The van der Waals surface area contributed by atoms with Gasteiger partial charge in [-0.1, -0.05) is 35.3 Å². The molecule has 0 radical (unpaired) electrons. The Bertz CT molecular complexity index is 969. The van der Waals surface area contributed by atoms with Crippen molar-refractivity contribution >= 4 is 44.1 Å². The maximum Gasteiger partial charge on any atom is 0.160 e. The van der Waals surface area contributed by atoms with Crippen LogP contribution in [0.3, 0.4) is 0 Å². The van der Waals surface area contributed by atoms with Crippen molar-refractivity contribution < 1.29 is 13.5 Å². The molecule has 0 amide bonds. The van der Waals surface area contributed by atoms with Crippen LogP contribution in [0.1, 0.15) is 17.5 Å². The topological polar surface area (TPSA) is 83.0 Å². The van der Waals surface area contributed by atoms with Crippen LogP contribution in [0, 0.1) is 0 Å². The summed E-state index contributed by atoms with van der Waals surface area (Å²) in [5, 5.41) is 11.2. The largest absolute Gasteiger partial charge is 0.387 e. The van der Waals surface area contributed by atoms with Crippen molar-refractivity contribution in [2.75, 3.05) is 5.75 Å². The van der Waals surface area contributed by atoms with Gasteiger partial charge in [-0.15, -0.1) is 0 Å². The van der Waals surface area contributed by atoms with Crippen LogP contribution in [0.5, 0.6) is 0 Å². The predicted molar refractivity (Wildman–Crippen MR) is 95.0 cm³/mol. The van der Waals surface area contributed by atoms with Gasteiger partial charge in [-0.25, -0.2) is 13.4 Å². The second kappa shape index (κ2) is 6.72. The highest BCUT2D eigenvalue weighted by Gasteiger charge is 2.21. The fourth-order valence-corrected chi connectivity index (χ4v) is 4.03. The molecule has 0 saturated carbocycles. The molecule has 1 heterocycles. The maximum absolute atomic E-state index is 12.3. The number of nitrogens with one attached hydrogen (secondary N) is 1. The summed E-state index contributed by atoms with van der Waals surface area (Å²) in [6, 6.07) is 11.5. The minimum absolute atomic E-state index is 0.288. The highest BCUT2D eigenvalue weighted by atomic mass is 35.5. The van der Waals surface area contributed by atoms with E-state index in [2.05, 4.69) is 9.97 Å². The molecule has 0 saturated heterocycles. The van der Waals surface area contributed by atoms with Crippen LogP contribution >= 0.6 is 23.2 Å². The average molecular weight is 385 g/mol.